The van der Waals surface area contributed by atoms with Gasteiger partial charge in [0, 0.05) is 37.6 Å². The molecule has 0 amide bonds. The Balaban J connectivity index is 1.84. The van der Waals surface area contributed by atoms with Crippen molar-refractivity contribution in [3.8, 4) is 0 Å². The van der Waals surface area contributed by atoms with Crippen LogP contribution in [0.5, 0.6) is 0 Å². The van der Waals surface area contributed by atoms with Gasteiger partial charge in [-0.15, -0.1) is 0 Å². The molecule has 2 aromatic rings. The SMILES string of the molecule is CC(CN)Nc1cc(NCCc2cc[nH]c2)ncn1. The second-order valence-electron chi connectivity index (χ2n) is 4.47. The van der Waals surface area contributed by atoms with Gasteiger partial charge in [0.15, 0.2) is 0 Å². The lowest BCUT2D eigenvalue weighted by molar-refractivity contribution is 0.797. The second-order valence-corrected chi connectivity index (χ2v) is 4.47. The minimum Gasteiger partial charge on any atom is -0.370 e. The Morgan fingerprint density at radius 2 is 2.21 bits per heavy atom. The molecule has 2 heterocycles. The van der Waals surface area contributed by atoms with Gasteiger partial charge < -0.3 is 21.4 Å². The fraction of sp³-hybridized carbons (Fsp3) is 0.385. The highest BCUT2D eigenvalue weighted by molar-refractivity contribution is 5.46. The molecule has 0 aliphatic carbocycles. The third-order valence-electron chi connectivity index (χ3n) is 2.80. The Labute approximate surface area is 112 Å². The van der Waals surface area contributed by atoms with E-state index in [0.29, 0.717) is 6.54 Å². The van der Waals surface area contributed by atoms with Crippen LogP contribution in [-0.2, 0) is 6.42 Å². The summed E-state index contributed by atoms with van der Waals surface area (Å²) in [6.45, 7) is 3.42. The van der Waals surface area contributed by atoms with Crippen molar-refractivity contribution >= 4 is 11.6 Å². The lowest BCUT2D eigenvalue weighted by atomic mass is 10.2. The number of hydrogen-bond acceptors (Lipinski definition) is 5. The molecule has 0 fully saturated rings. The van der Waals surface area contributed by atoms with E-state index in [1.54, 1.807) is 6.33 Å². The van der Waals surface area contributed by atoms with E-state index in [1.165, 1.54) is 5.56 Å². The Hall–Kier alpha value is -2.08. The summed E-state index contributed by atoms with van der Waals surface area (Å²) in [5, 5.41) is 6.49. The van der Waals surface area contributed by atoms with Gasteiger partial charge in [-0.3, -0.25) is 0 Å². The fourth-order valence-electron chi connectivity index (χ4n) is 1.69. The van der Waals surface area contributed by atoms with Gasteiger partial charge in [-0.1, -0.05) is 0 Å². The molecule has 0 spiro atoms. The van der Waals surface area contributed by atoms with Crippen LogP contribution in [0.15, 0.2) is 30.9 Å². The zero-order valence-electron chi connectivity index (χ0n) is 11.1. The van der Waals surface area contributed by atoms with E-state index < -0.39 is 0 Å². The summed E-state index contributed by atoms with van der Waals surface area (Å²) in [7, 11) is 0. The predicted octanol–water partition coefficient (Wildman–Crippen LogP) is 1.22. The molecule has 0 saturated heterocycles. The number of aromatic amines is 1. The molecule has 1 unspecified atom stereocenters. The van der Waals surface area contributed by atoms with E-state index in [4.69, 9.17) is 5.73 Å². The number of nitrogens with two attached hydrogens (primary N) is 1. The molecule has 19 heavy (non-hydrogen) atoms. The summed E-state index contributed by atoms with van der Waals surface area (Å²) >= 11 is 0. The molecule has 0 aliphatic rings. The van der Waals surface area contributed by atoms with E-state index in [0.717, 1.165) is 24.6 Å². The molecule has 6 nitrogen and oxygen atoms in total. The number of hydrogen-bond donors (Lipinski definition) is 4. The van der Waals surface area contributed by atoms with E-state index in [9.17, 15) is 0 Å². The van der Waals surface area contributed by atoms with Gasteiger partial charge in [-0.2, -0.15) is 0 Å². The van der Waals surface area contributed by atoms with Gasteiger partial charge in [0.05, 0.1) is 0 Å². The summed E-state index contributed by atoms with van der Waals surface area (Å²) in [4.78, 5) is 11.4. The molecule has 0 aromatic carbocycles. The molecule has 0 radical (unpaired) electrons. The van der Waals surface area contributed by atoms with Gasteiger partial charge in [0.25, 0.3) is 0 Å². The highest BCUT2D eigenvalue weighted by Gasteiger charge is 2.02. The molecule has 0 saturated carbocycles. The van der Waals surface area contributed by atoms with Gasteiger partial charge >= 0.3 is 0 Å². The van der Waals surface area contributed by atoms with Crippen LogP contribution in [-0.4, -0.2) is 34.1 Å². The number of H-pyrrole nitrogens is 1. The average molecular weight is 260 g/mol. The second kappa shape index (κ2) is 6.75. The molecule has 0 bridgehead atoms. The Morgan fingerprint density at radius 1 is 1.37 bits per heavy atom. The first kappa shape index (κ1) is 13.4. The van der Waals surface area contributed by atoms with Crippen molar-refractivity contribution < 1.29 is 0 Å². The van der Waals surface area contributed by atoms with E-state index >= 15 is 0 Å². The van der Waals surface area contributed by atoms with Crippen molar-refractivity contribution in [3.63, 3.8) is 0 Å². The summed E-state index contributed by atoms with van der Waals surface area (Å²) in [6, 6.07) is 4.16. The number of rotatable bonds is 7. The van der Waals surface area contributed by atoms with Crippen molar-refractivity contribution in [1.29, 1.82) is 0 Å². The number of aromatic nitrogens is 3. The number of nitrogens with one attached hydrogen (secondary N) is 3. The molecular weight excluding hydrogens is 240 g/mol. The molecule has 2 aromatic heterocycles. The van der Waals surface area contributed by atoms with Crippen LogP contribution in [0.25, 0.3) is 0 Å². The van der Waals surface area contributed by atoms with Gasteiger partial charge in [-0.05, 0) is 25.0 Å². The highest BCUT2D eigenvalue weighted by atomic mass is 15.1. The molecule has 2 rings (SSSR count). The molecule has 5 N–H and O–H groups in total. The average Bonchev–Trinajstić information content (AvgIpc) is 2.92. The topological polar surface area (TPSA) is 91.7 Å². The third kappa shape index (κ3) is 4.26. The molecule has 6 heteroatoms. The minimum absolute atomic E-state index is 0.197. The molecular formula is C13H20N6. The minimum atomic E-state index is 0.197. The van der Waals surface area contributed by atoms with Crippen LogP contribution in [0, 0.1) is 0 Å². The Kier molecular flexibility index (Phi) is 4.74. The number of anilines is 2. The molecule has 1 atom stereocenters. The maximum Gasteiger partial charge on any atom is 0.131 e. The van der Waals surface area contributed by atoms with Crippen LogP contribution in [0.4, 0.5) is 11.6 Å². The smallest absolute Gasteiger partial charge is 0.131 e. The molecule has 0 aliphatic heterocycles. The summed E-state index contributed by atoms with van der Waals surface area (Å²) in [5.41, 5.74) is 6.84. The number of nitrogens with zero attached hydrogens (tertiary/aromatic N) is 2. The largest absolute Gasteiger partial charge is 0.370 e. The first-order valence-electron chi connectivity index (χ1n) is 6.42. The van der Waals surface area contributed by atoms with Crippen molar-refractivity contribution in [2.45, 2.75) is 19.4 Å². The predicted molar refractivity (Wildman–Crippen MR) is 77.2 cm³/mol. The highest BCUT2D eigenvalue weighted by Crippen LogP contribution is 2.09. The Morgan fingerprint density at radius 3 is 2.95 bits per heavy atom. The molecule has 102 valence electrons. The zero-order chi connectivity index (χ0) is 13.5. The van der Waals surface area contributed by atoms with Crippen LogP contribution in [0.2, 0.25) is 0 Å². The maximum atomic E-state index is 5.57. The van der Waals surface area contributed by atoms with Crippen molar-refractivity contribution in [2.24, 2.45) is 5.73 Å². The maximum absolute atomic E-state index is 5.57. The van der Waals surface area contributed by atoms with E-state index in [2.05, 4.69) is 31.7 Å². The van der Waals surface area contributed by atoms with Crippen molar-refractivity contribution in [1.82, 2.24) is 15.0 Å². The standard InChI is InChI=1S/C13H20N6/c1-10(7-14)19-13-6-12(17-9-18-13)16-5-3-11-2-4-15-8-11/h2,4,6,8-10,15H,3,5,7,14H2,1H3,(H2,16,17,18,19). The van der Waals surface area contributed by atoms with Crippen LogP contribution < -0.4 is 16.4 Å². The van der Waals surface area contributed by atoms with E-state index in [1.807, 2.05) is 25.4 Å². The van der Waals surface area contributed by atoms with Crippen molar-refractivity contribution in [2.75, 3.05) is 23.7 Å². The monoisotopic (exact) mass is 260 g/mol. The summed E-state index contributed by atoms with van der Waals surface area (Å²) in [5.74, 6) is 1.61. The summed E-state index contributed by atoms with van der Waals surface area (Å²) < 4.78 is 0. The lowest BCUT2D eigenvalue weighted by Crippen LogP contribution is -2.25. The van der Waals surface area contributed by atoms with Crippen LogP contribution in [0.3, 0.4) is 0 Å². The zero-order valence-corrected chi connectivity index (χ0v) is 11.1. The Bertz CT molecular complexity index is 482. The van der Waals surface area contributed by atoms with Gasteiger partial charge in [0.1, 0.15) is 18.0 Å². The van der Waals surface area contributed by atoms with E-state index in [-0.39, 0.29) is 6.04 Å². The van der Waals surface area contributed by atoms with Crippen LogP contribution in [0.1, 0.15) is 12.5 Å². The first-order valence-corrected chi connectivity index (χ1v) is 6.42. The summed E-state index contributed by atoms with van der Waals surface area (Å²) in [6.07, 6.45) is 6.42. The van der Waals surface area contributed by atoms with Crippen LogP contribution >= 0.6 is 0 Å². The lowest BCUT2D eigenvalue weighted by Gasteiger charge is -2.12. The third-order valence-corrected chi connectivity index (χ3v) is 2.80. The van der Waals surface area contributed by atoms with Gasteiger partial charge in [-0.25, -0.2) is 9.97 Å². The first-order chi connectivity index (χ1) is 9.28. The quantitative estimate of drug-likeness (QED) is 0.601. The van der Waals surface area contributed by atoms with Gasteiger partial charge in [0.2, 0.25) is 0 Å². The fourth-order valence-corrected chi connectivity index (χ4v) is 1.69. The van der Waals surface area contributed by atoms with Crippen molar-refractivity contribution in [3.05, 3.63) is 36.4 Å². The normalized spacial score (nSPS) is 12.1.